The van der Waals surface area contributed by atoms with Crippen LogP contribution in [0.4, 0.5) is 0 Å². The molecule has 1 heterocycles. The highest BCUT2D eigenvalue weighted by Gasteiger charge is 2.16. The topological polar surface area (TPSA) is 129 Å². The number of nitrogens with one attached hydrogen (secondary N) is 3. The molecule has 0 aliphatic carbocycles. The molecule has 0 spiro atoms. The molecular formula is C14H15N5O4S. The zero-order valence-electron chi connectivity index (χ0n) is 12.9. The molecule has 9 nitrogen and oxygen atoms in total. The van der Waals surface area contributed by atoms with Crippen LogP contribution in [0, 0.1) is 0 Å². The van der Waals surface area contributed by atoms with Crippen molar-refractivity contribution in [1.29, 1.82) is 0 Å². The molecule has 1 atom stereocenters. The summed E-state index contributed by atoms with van der Waals surface area (Å²) in [6.07, 6.45) is 1.48. The van der Waals surface area contributed by atoms with Crippen LogP contribution in [0.1, 0.15) is 12.5 Å². The number of amides is 1. The second-order valence-electron chi connectivity index (χ2n) is 4.58. The smallest absolute Gasteiger partial charge is 0.342 e. The molecule has 126 valence electrons. The molecule has 0 radical (unpaired) electrons. The lowest BCUT2D eigenvalue weighted by atomic mass is 10.2. The van der Waals surface area contributed by atoms with Gasteiger partial charge in [0.15, 0.2) is 5.03 Å². The lowest BCUT2D eigenvalue weighted by molar-refractivity contribution is -0.120. The number of nitrogens with zero attached hydrogens (tertiary/aromatic N) is 2. The maximum absolute atomic E-state index is 12.0. The number of hydrazone groups is 1. The Morgan fingerprint density at radius 3 is 2.96 bits per heavy atom. The SMILES string of the molecule is COc1cccc(/C=N/NC(=O)C(C)Sc2n[nH]c(=O)[nH]c2=O)c1. The van der Waals surface area contributed by atoms with E-state index < -0.39 is 22.4 Å². The van der Waals surface area contributed by atoms with E-state index in [1.54, 1.807) is 38.3 Å². The second kappa shape index (κ2) is 8.11. The molecule has 10 heteroatoms. The maximum Gasteiger partial charge on any atom is 0.342 e. The first kappa shape index (κ1) is 17.5. The number of ether oxygens (including phenoxy) is 1. The average molecular weight is 349 g/mol. The molecule has 0 aliphatic rings. The fraction of sp³-hybridized carbons (Fsp3) is 0.214. The molecule has 0 bridgehead atoms. The Morgan fingerprint density at radius 2 is 2.25 bits per heavy atom. The van der Waals surface area contributed by atoms with Gasteiger partial charge in [-0.1, -0.05) is 23.9 Å². The summed E-state index contributed by atoms with van der Waals surface area (Å²) >= 11 is 0.908. The Labute approximate surface area is 140 Å². The quantitative estimate of drug-likeness (QED) is 0.385. The highest BCUT2D eigenvalue weighted by molar-refractivity contribution is 8.00. The van der Waals surface area contributed by atoms with E-state index in [4.69, 9.17) is 4.74 Å². The number of H-pyrrole nitrogens is 2. The molecular weight excluding hydrogens is 334 g/mol. The van der Waals surface area contributed by atoms with Gasteiger partial charge in [0.25, 0.3) is 11.5 Å². The molecule has 0 aliphatic heterocycles. The summed E-state index contributed by atoms with van der Waals surface area (Å²) < 4.78 is 5.09. The molecule has 2 aromatic rings. The minimum atomic E-state index is -0.704. The molecule has 1 unspecified atom stereocenters. The first-order valence-corrected chi connectivity index (χ1v) is 7.70. The van der Waals surface area contributed by atoms with Crippen molar-refractivity contribution in [2.75, 3.05) is 7.11 Å². The lowest BCUT2D eigenvalue weighted by Crippen LogP contribution is -2.30. The van der Waals surface area contributed by atoms with Crippen molar-refractivity contribution in [1.82, 2.24) is 20.6 Å². The van der Waals surface area contributed by atoms with Crippen LogP contribution in [0.25, 0.3) is 0 Å². The summed E-state index contributed by atoms with van der Waals surface area (Å²) in [5.41, 5.74) is 1.78. The van der Waals surface area contributed by atoms with E-state index in [0.29, 0.717) is 5.75 Å². The van der Waals surface area contributed by atoms with Gasteiger partial charge in [0, 0.05) is 0 Å². The van der Waals surface area contributed by atoms with Crippen molar-refractivity contribution in [2.45, 2.75) is 17.2 Å². The van der Waals surface area contributed by atoms with E-state index in [-0.39, 0.29) is 5.03 Å². The molecule has 0 saturated heterocycles. The van der Waals surface area contributed by atoms with Gasteiger partial charge in [0.05, 0.1) is 18.6 Å². The fourth-order valence-corrected chi connectivity index (χ4v) is 2.37. The number of benzene rings is 1. The third kappa shape index (κ3) is 4.81. The van der Waals surface area contributed by atoms with Crippen LogP contribution >= 0.6 is 11.8 Å². The van der Waals surface area contributed by atoms with Crippen molar-refractivity contribution in [3.8, 4) is 5.75 Å². The monoisotopic (exact) mass is 349 g/mol. The zero-order chi connectivity index (χ0) is 17.5. The van der Waals surface area contributed by atoms with Gasteiger partial charge in [0.1, 0.15) is 5.75 Å². The molecule has 2 rings (SSSR count). The fourth-order valence-electron chi connectivity index (χ4n) is 1.62. The minimum Gasteiger partial charge on any atom is -0.497 e. The van der Waals surface area contributed by atoms with Gasteiger partial charge in [-0.3, -0.25) is 14.6 Å². The van der Waals surface area contributed by atoms with E-state index in [2.05, 4.69) is 20.7 Å². The number of rotatable bonds is 6. The van der Waals surface area contributed by atoms with Crippen LogP contribution in [0.15, 0.2) is 44.0 Å². The van der Waals surface area contributed by atoms with E-state index in [1.807, 2.05) is 4.98 Å². The minimum absolute atomic E-state index is 0.00553. The lowest BCUT2D eigenvalue weighted by Gasteiger charge is -2.07. The Hall–Kier alpha value is -2.88. The van der Waals surface area contributed by atoms with Crippen LogP contribution < -0.4 is 21.4 Å². The number of carbonyl (C=O) groups is 1. The first-order valence-electron chi connectivity index (χ1n) is 6.82. The number of carbonyl (C=O) groups excluding carboxylic acids is 1. The molecule has 3 N–H and O–H groups in total. The molecule has 1 amide bonds. The predicted molar refractivity (Wildman–Crippen MR) is 89.5 cm³/mol. The van der Waals surface area contributed by atoms with E-state index >= 15 is 0 Å². The van der Waals surface area contributed by atoms with Crippen molar-refractivity contribution >= 4 is 23.9 Å². The second-order valence-corrected chi connectivity index (χ2v) is 5.91. The van der Waals surface area contributed by atoms with E-state index in [0.717, 1.165) is 17.3 Å². The summed E-state index contributed by atoms with van der Waals surface area (Å²) in [6.45, 7) is 1.59. The Kier molecular flexibility index (Phi) is 5.90. The van der Waals surface area contributed by atoms with Crippen molar-refractivity contribution in [3.63, 3.8) is 0 Å². The summed E-state index contributed by atoms with van der Waals surface area (Å²) in [5, 5.41) is 8.92. The third-order valence-electron chi connectivity index (χ3n) is 2.82. The number of hydrogen-bond acceptors (Lipinski definition) is 7. The van der Waals surface area contributed by atoms with Crippen molar-refractivity contribution < 1.29 is 9.53 Å². The van der Waals surface area contributed by atoms with Crippen molar-refractivity contribution in [2.24, 2.45) is 5.10 Å². The summed E-state index contributed by atoms with van der Waals surface area (Å²) in [5.74, 6) is 0.268. The number of hydrogen-bond donors (Lipinski definition) is 3. The summed E-state index contributed by atoms with van der Waals surface area (Å²) in [7, 11) is 1.56. The molecule has 0 saturated carbocycles. The first-order chi connectivity index (χ1) is 11.5. The van der Waals surface area contributed by atoms with Gasteiger partial charge in [-0.05, 0) is 24.6 Å². The van der Waals surface area contributed by atoms with Crippen LogP contribution in [-0.2, 0) is 4.79 Å². The van der Waals surface area contributed by atoms with Gasteiger partial charge in [-0.25, -0.2) is 15.3 Å². The summed E-state index contributed by atoms with van der Waals surface area (Å²) in [6, 6.07) is 7.16. The Balaban J connectivity index is 1.94. The number of thioether (sulfide) groups is 1. The average Bonchev–Trinajstić information content (AvgIpc) is 2.57. The predicted octanol–water partition coefficient (Wildman–Crippen LogP) is 0.0977. The maximum atomic E-state index is 12.0. The standard InChI is InChI=1S/C14H15N5O4S/c1-8(24-13-12(21)16-14(22)19-18-13)11(20)17-15-7-9-4-3-5-10(6-9)23-2/h3-8H,1-2H3,(H,17,20)(H2,16,19,21,22)/b15-7+. The van der Waals surface area contributed by atoms with Crippen LogP contribution in [0.5, 0.6) is 5.75 Å². The van der Waals surface area contributed by atoms with Gasteiger partial charge >= 0.3 is 5.69 Å². The molecule has 1 aromatic carbocycles. The number of methoxy groups -OCH3 is 1. The number of aromatic nitrogens is 3. The van der Waals surface area contributed by atoms with Crippen LogP contribution in [-0.4, -0.2) is 39.7 Å². The van der Waals surface area contributed by atoms with E-state index in [1.165, 1.54) is 6.21 Å². The van der Waals surface area contributed by atoms with E-state index in [9.17, 15) is 14.4 Å². The zero-order valence-corrected chi connectivity index (χ0v) is 13.7. The molecule has 1 aromatic heterocycles. The summed E-state index contributed by atoms with van der Waals surface area (Å²) in [4.78, 5) is 36.4. The molecule has 0 fully saturated rings. The Morgan fingerprint density at radius 1 is 1.46 bits per heavy atom. The largest absolute Gasteiger partial charge is 0.497 e. The highest BCUT2D eigenvalue weighted by atomic mass is 32.2. The van der Waals surface area contributed by atoms with Gasteiger partial charge < -0.3 is 4.74 Å². The Bertz CT molecular complexity index is 860. The van der Waals surface area contributed by atoms with Crippen LogP contribution in [0.3, 0.4) is 0 Å². The third-order valence-corrected chi connectivity index (χ3v) is 3.89. The van der Waals surface area contributed by atoms with Gasteiger partial charge in [0.2, 0.25) is 0 Å². The number of aromatic amines is 2. The normalized spacial score (nSPS) is 12.1. The highest BCUT2D eigenvalue weighted by Crippen LogP contribution is 2.16. The van der Waals surface area contributed by atoms with Crippen LogP contribution in [0.2, 0.25) is 0 Å². The molecule has 24 heavy (non-hydrogen) atoms. The van der Waals surface area contributed by atoms with Gasteiger partial charge in [-0.15, -0.1) is 0 Å². The van der Waals surface area contributed by atoms with Gasteiger partial charge in [-0.2, -0.15) is 10.2 Å². The van der Waals surface area contributed by atoms with Crippen molar-refractivity contribution in [3.05, 3.63) is 50.7 Å².